The molecule has 0 saturated carbocycles. The van der Waals surface area contributed by atoms with Crippen molar-refractivity contribution >= 4 is 23.1 Å². The van der Waals surface area contributed by atoms with Crippen LogP contribution >= 0.6 is 23.1 Å². The molecule has 0 spiro atoms. The van der Waals surface area contributed by atoms with Gasteiger partial charge in [-0.05, 0) is 18.5 Å². The Labute approximate surface area is 56.7 Å². The molecule has 1 aromatic rings. The summed E-state index contributed by atoms with van der Waals surface area (Å²) in [5, 5.41) is 3.77. The molecular formula is C4H5ClN2S. The second-order valence-electron chi connectivity index (χ2n) is 1.42. The first-order valence-corrected chi connectivity index (χ1v) is 3.49. The van der Waals surface area contributed by atoms with Crippen molar-refractivity contribution in [1.29, 1.82) is 0 Å². The van der Waals surface area contributed by atoms with Gasteiger partial charge in [0.25, 0.3) is 0 Å². The second-order valence-corrected chi connectivity index (χ2v) is 2.52. The molecule has 2 nitrogen and oxygen atoms in total. The second kappa shape index (κ2) is 2.42. The summed E-state index contributed by atoms with van der Waals surface area (Å²) in [5.41, 5.74) is 0.949. The van der Waals surface area contributed by atoms with Gasteiger partial charge in [0.2, 0.25) is 0 Å². The monoisotopic (exact) mass is 148 g/mol. The highest BCUT2D eigenvalue weighted by Crippen LogP contribution is 2.10. The Morgan fingerprint density at radius 2 is 2.50 bits per heavy atom. The van der Waals surface area contributed by atoms with Gasteiger partial charge in [0.05, 0.1) is 16.5 Å². The van der Waals surface area contributed by atoms with Crippen LogP contribution in [0.15, 0.2) is 0 Å². The largest absolute Gasteiger partial charge is 0.143 e. The Morgan fingerprint density at radius 3 is 2.75 bits per heavy atom. The van der Waals surface area contributed by atoms with E-state index in [9.17, 15) is 0 Å². The molecule has 0 N–H and O–H groups in total. The van der Waals surface area contributed by atoms with Gasteiger partial charge in [-0.25, -0.2) is 0 Å². The van der Waals surface area contributed by atoms with Gasteiger partial charge in [-0.2, -0.15) is 0 Å². The van der Waals surface area contributed by atoms with E-state index >= 15 is 0 Å². The van der Waals surface area contributed by atoms with Gasteiger partial charge >= 0.3 is 0 Å². The van der Waals surface area contributed by atoms with Gasteiger partial charge in [-0.15, -0.1) is 16.7 Å². The van der Waals surface area contributed by atoms with Crippen molar-refractivity contribution < 1.29 is 0 Å². The summed E-state index contributed by atoms with van der Waals surface area (Å²) in [7, 11) is 0. The van der Waals surface area contributed by atoms with E-state index in [-0.39, 0.29) is 0 Å². The highest BCUT2D eigenvalue weighted by atomic mass is 35.5. The summed E-state index contributed by atoms with van der Waals surface area (Å²) in [5.74, 6) is 0.531. The van der Waals surface area contributed by atoms with E-state index < -0.39 is 0 Å². The van der Waals surface area contributed by atoms with Crippen LogP contribution in [0.1, 0.15) is 10.6 Å². The number of nitrogens with zero attached hydrogens (tertiary/aromatic N) is 2. The van der Waals surface area contributed by atoms with Gasteiger partial charge in [0.1, 0.15) is 0 Å². The zero-order chi connectivity index (χ0) is 5.98. The molecule has 0 unspecified atom stereocenters. The number of hydrogen-bond acceptors (Lipinski definition) is 3. The molecule has 0 radical (unpaired) electrons. The molecule has 0 atom stereocenters. The maximum atomic E-state index is 5.50. The number of halogens is 1. The maximum absolute atomic E-state index is 5.50. The van der Waals surface area contributed by atoms with Gasteiger partial charge in [0.15, 0.2) is 0 Å². The predicted molar refractivity (Wildman–Crippen MR) is 34.2 cm³/mol. The normalized spacial score (nSPS) is 9.75. The van der Waals surface area contributed by atoms with Crippen LogP contribution in [0.4, 0.5) is 0 Å². The summed E-state index contributed by atoms with van der Waals surface area (Å²) < 4.78 is 3.70. The zero-order valence-corrected chi connectivity index (χ0v) is 5.96. The Kier molecular flexibility index (Phi) is 1.81. The first-order chi connectivity index (χ1) is 3.84. The molecule has 0 fully saturated rings. The van der Waals surface area contributed by atoms with Crippen LogP contribution in [-0.2, 0) is 5.88 Å². The Morgan fingerprint density at radius 1 is 1.75 bits per heavy atom. The minimum absolute atomic E-state index is 0.531. The van der Waals surface area contributed by atoms with Gasteiger partial charge in [-0.1, -0.05) is 4.49 Å². The van der Waals surface area contributed by atoms with E-state index in [4.69, 9.17) is 11.6 Å². The van der Waals surface area contributed by atoms with E-state index in [1.165, 1.54) is 11.5 Å². The Balaban J connectivity index is 2.92. The SMILES string of the molecule is Cc1nnsc1CCl. The Hall–Kier alpha value is -0.150. The number of rotatable bonds is 1. The van der Waals surface area contributed by atoms with Crippen molar-refractivity contribution in [2.75, 3.05) is 0 Å². The van der Waals surface area contributed by atoms with Crippen LogP contribution in [0.2, 0.25) is 0 Å². The van der Waals surface area contributed by atoms with E-state index in [0.717, 1.165) is 10.6 Å². The van der Waals surface area contributed by atoms with Crippen molar-refractivity contribution in [2.45, 2.75) is 12.8 Å². The van der Waals surface area contributed by atoms with Gasteiger partial charge in [-0.3, -0.25) is 0 Å². The molecule has 0 bridgehead atoms. The lowest BCUT2D eigenvalue weighted by molar-refractivity contribution is 1.07. The topological polar surface area (TPSA) is 25.8 Å². The van der Waals surface area contributed by atoms with Gasteiger partial charge in [0, 0.05) is 0 Å². The summed E-state index contributed by atoms with van der Waals surface area (Å²) in [6.45, 7) is 1.90. The lowest BCUT2D eigenvalue weighted by Crippen LogP contribution is -1.75. The minimum atomic E-state index is 0.531. The highest BCUT2D eigenvalue weighted by molar-refractivity contribution is 7.05. The van der Waals surface area contributed by atoms with E-state index in [1.54, 1.807) is 0 Å². The third kappa shape index (κ3) is 0.980. The van der Waals surface area contributed by atoms with Crippen molar-refractivity contribution in [2.24, 2.45) is 0 Å². The summed E-state index contributed by atoms with van der Waals surface area (Å²) >= 11 is 6.86. The van der Waals surface area contributed by atoms with E-state index in [1.807, 2.05) is 6.92 Å². The number of aromatic nitrogens is 2. The summed E-state index contributed by atoms with van der Waals surface area (Å²) in [6.07, 6.45) is 0. The maximum Gasteiger partial charge on any atom is 0.0768 e. The smallest absolute Gasteiger partial charge is 0.0768 e. The molecule has 0 aliphatic carbocycles. The highest BCUT2D eigenvalue weighted by Gasteiger charge is 1.97. The van der Waals surface area contributed by atoms with Crippen LogP contribution in [0.25, 0.3) is 0 Å². The van der Waals surface area contributed by atoms with Crippen LogP contribution in [-0.4, -0.2) is 9.59 Å². The fourth-order valence-electron chi connectivity index (χ4n) is 0.374. The van der Waals surface area contributed by atoms with Crippen molar-refractivity contribution in [3.63, 3.8) is 0 Å². The van der Waals surface area contributed by atoms with Crippen LogP contribution < -0.4 is 0 Å². The molecule has 1 heterocycles. The fraction of sp³-hybridized carbons (Fsp3) is 0.500. The fourth-order valence-corrected chi connectivity index (χ4v) is 1.20. The molecule has 4 heteroatoms. The molecule has 0 saturated heterocycles. The third-order valence-corrected chi connectivity index (χ3v) is 2.12. The van der Waals surface area contributed by atoms with Gasteiger partial charge < -0.3 is 0 Å². The number of hydrogen-bond donors (Lipinski definition) is 0. The average molecular weight is 149 g/mol. The van der Waals surface area contributed by atoms with Crippen LogP contribution in [0, 0.1) is 6.92 Å². The first-order valence-electron chi connectivity index (χ1n) is 2.18. The Bertz CT molecular complexity index is 174. The number of alkyl halides is 1. The van der Waals surface area contributed by atoms with Crippen molar-refractivity contribution in [3.05, 3.63) is 10.6 Å². The quantitative estimate of drug-likeness (QED) is 0.566. The van der Waals surface area contributed by atoms with Crippen molar-refractivity contribution in [1.82, 2.24) is 9.59 Å². The third-order valence-electron chi connectivity index (χ3n) is 0.867. The summed E-state index contributed by atoms with van der Waals surface area (Å²) in [4.78, 5) is 1.06. The lowest BCUT2D eigenvalue weighted by Gasteiger charge is -1.81. The standard InChI is InChI=1S/C4H5ClN2S/c1-3-4(2-5)8-7-6-3/h2H2,1H3. The molecule has 0 aliphatic heterocycles. The first kappa shape index (κ1) is 5.98. The zero-order valence-electron chi connectivity index (χ0n) is 4.39. The molecule has 8 heavy (non-hydrogen) atoms. The molecule has 1 aromatic heterocycles. The lowest BCUT2D eigenvalue weighted by atomic mass is 10.4. The summed E-state index contributed by atoms with van der Waals surface area (Å²) in [6, 6.07) is 0. The predicted octanol–water partition coefficient (Wildman–Crippen LogP) is 1.59. The van der Waals surface area contributed by atoms with Crippen LogP contribution in [0.5, 0.6) is 0 Å². The molecule has 1 rings (SSSR count). The molecule has 0 amide bonds. The minimum Gasteiger partial charge on any atom is -0.143 e. The molecule has 0 aliphatic rings. The van der Waals surface area contributed by atoms with Crippen LogP contribution in [0.3, 0.4) is 0 Å². The van der Waals surface area contributed by atoms with E-state index in [0.29, 0.717) is 5.88 Å². The molecular weight excluding hydrogens is 144 g/mol. The van der Waals surface area contributed by atoms with E-state index in [2.05, 4.69) is 9.59 Å². The van der Waals surface area contributed by atoms with Crippen molar-refractivity contribution in [3.8, 4) is 0 Å². The number of aryl methyl sites for hydroxylation is 1. The molecule has 44 valence electrons. The molecule has 0 aromatic carbocycles. The average Bonchev–Trinajstić information content (AvgIpc) is 2.14.